The number of para-hydroxylation sites is 2. The van der Waals surface area contributed by atoms with Crippen LogP contribution in [0.25, 0.3) is 0 Å². The third-order valence-electron chi connectivity index (χ3n) is 3.63. The van der Waals surface area contributed by atoms with Gasteiger partial charge in [-0.05, 0) is 18.6 Å². The molecule has 0 bridgehead atoms. The molecule has 1 aromatic rings. The van der Waals surface area contributed by atoms with Crippen molar-refractivity contribution >= 4 is 17.3 Å². The van der Waals surface area contributed by atoms with Gasteiger partial charge in [-0.1, -0.05) is 26.0 Å². The van der Waals surface area contributed by atoms with Crippen molar-refractivity contribution in [1.82, 2.24) is 5.32 Å². The summed E-state index contributed by atoms with van der Waals surface area (Å²) in [6.07, 6.45) is 1.15. The molecule has 0 fully saturated rings. The Morgan fingerprint density at radius 3 is 2.84 bits per heavy atom. The number of hydrogen-bond donors (Lipinski definition) is 1. The van der Waals surface area contributed by atoms with Crippen LogP contribution in [-0.4, -0.2) is 38.2 Å². The number of fused-ring (bicyclic) bond motifs is 3. The number of anilines is 2. The van der Waals surface area contributed by atoms with E-state index < -0.39 is 0 Å². The molecule has 0 aliphatic carbocycles. The second-order valence-corrected chi connectivity index (χ2v) is 5.44. The molecule has 0 spiro atoms. The molecular formula is C15H22N4. The highest BCUT2D eigenvalue weighted by atomic mass is 15.4. The number of nitrogens with zero attached hydrogens (tertiary/aromatic N) is 3. The molecule has 0 saturated heterocycles. The maximum atomic E-state index is 4.73. The van der Waals surface area contributed by atoms with Crippen LogP contribution in [0.2, 0.25) is 0 Å². The summed E-state index contributed by atoms with van der Waals surface area (Å²) in [5.74, 6) is 1.14. The van der Waals surface area contributed by atoms with Gasteiger partial charge in [0.25, 0.3) is 0 Å². The molecule has 4 nitrogen and oxygen atoms in total. The van der Waals surface area contributed by atoms with Crippen LogP contribution in [0.4, 0.5) is 11.4 Å². The Balaban J connectivity index is 1.83. The van der Waals surface area contributed by atoms with Crippen molar-refractivity contribution in [3.8, 4) is 0 Å². The zero-order valence-corrected chi connectivity index (χ0v) is 11.8. The van der Waals surface area contributed by atoms with Crippen molar-refractivity contribution in [3.63, 3.8) is 0 Å². The minimum Gasteiger partial charge on any atom is -0.313 e. The summed E-state index contributed by atoms with van der Waals surface area (Å²) >= 11 is 0. The molecule has 19 heavy (non-hydrogen) atoms. The second kappa shape index (κ2) is 5.21. The van der Waals surface area contributed by atoms with Gasteiger partial charge >= 0.3 is 0 Å². The maximum absolute atomic E-state index is 4.73. The van der Waals surface area contributed by atoms with E-state index in [0.717, 1.165) is 38.6 Å². The lowest BCUT2D eigenvalue weighted by atomic mass is 10.2. The Kier molecular flexibility index (Phi) is 3.42. The molecule has 1 aromatic carbocycles. The van der Waals surface area contributed by atoms with Gasteiger partial charge in [0.05, 0.1) is 11.4 Å². The van der Waals surface area contributed by atoms with E-state index in [1.807, 2.05) is 0 Å². The van der Waals surface area contributed by atoms with E-state index in [-0.39, 0.29) is 0 Å². The van der Waals surface area contributed by atoms with E-state index >= 15 is 0 Å². The Morgan fingerprint density at radius 2 is 2.05 bits per heavy atom. The molecule has 0 aromatic heterocycles. The predicted octanol–water partition coefficient (Wildman–Crippen LogP) is 2.07. The van der Waals surface area contributed by atoms with Gasteiger partial charge in [0.2, 0.25) is 5.96 Å². The summed E-state index contributed by atoms with van der Waals surface area (Å²) in [5.41, 5.74) is 2.61. The zero-order chi connectivity index (χ0) is 13.2. The first-order valence-corrected chi connectivity index (χ1v) is 7.19. The number of guanidine groups is 1. The summed E-state index contributed by atoms with van der Waals surface area (Å²) in [4.78, 5) is 9.43. The van der Waals surface area contributed by atoms with Gasteiger partial charge in [0, 0.05) is 32.2 Å². The van der Waals surface area contributed by atoms with Crippen molar-refractivity contribution in [2.45, 2.75) is 26.3 Å². The van der Waals surface area contributed by atoms with Crippen LogP contribution in [0.3, 0.4) is 0 Å². The van der Waals surface area contributed by atoms with Gasteiger partial charge in [0.15, 0.2) is 0 Å². The number of benzene rings is 1. The number of aliphatic imine (C=N–C) groups is 1. The average Bonchev–Trinajstić information content (AvgIpc) is 2.74. The maximum Gasteiger partial charge on any atom is 0.205 e. The highest BCUT2D eigenvalue weighted by molar-refractivity contribution is 6.16. The topological polar surface area (TPSA) is 30.9 Å². The lowest BCUT2D eigenvalue weighted by molar-refractivity contribution is 0.594. The third-order valence-corrected chi connectivity index (χ3v) is 3.63. The predicted molar refractivity (Wildman–Crippen MR) is 81.2 cm³/mol. The van der Waals surface area contributed by atoms with Crippen LogP contribution < -0.4 is 15.1 Å². The Labute approximate surface area is 115 Å². The summed E-state index contributed by atoms with van der Waals surface area (Å²) in [5, 5.41) is 3.48. The van der Waals surface area contributed by atoms with Crippen LogP contribution >= 0.6 is 0 Å². The number of rotatable bonds is 4. The van der Waals surface area contributed by atoms with E-state index in [4.69, 9.17) is 4.99 Å². The van der Waals surface area contributed by atoms with Crippen molar-refractivity contribution in [2.24, 2.45) is 4.99 Å². The second-order valence-electron chi connectivity index (χ2n) is 5.44. The number of hydrogen-bond acceptors (Lipinski definition) is 4. The normalized spacial score (nSPS) is 17.5. The molecule has 1 N–H and O–H groups in total. The minimum absolute atomic E-state index is 0.530. The lowest BCUT2D eigenvalue weighted by Crippen LogP contribution is -2.44. The molecular weight excluding hydrogens is 236 g/mol. The molecule has 2 aliphatic heterocycles. The van der Waals surface area contributed by atoms with Crippen molar-refractivity contribution < 1.29 is 0 Å². The largest absolute Gasteiger partial charge is 0.313 e. The van der Waals surface area contributed by atoms with Crippen LogP contribution in [0.15, 0.2) is 29.3 Å². The third kappa shape index (κ3) is 2.32. The van der Waals surface area contributed by atoms with Crippen LogP contribution in [0.5, 0.6) is 0 Å². The number of nitrogens with one attached hydrogen (secondary N) is 1. The van der Waals surface area contributed by atoms with E-state index in [2.05, 4.69) is 53.2 Å². The van der Waals surface area contributed by atoms with E-state index in [1.165, 1.54) is 11.4 Å². The quantitative estimate of drug-likeness (QED) is 0.897. The Morgan fingerprint density at radius 1 is 1.26 bits per heavy atom. The molecule has 0 atom stereocenters. The van der Waals surface area contributed by atoms with E-state index in [0.29, 0.717) is 6.04 Å². The molecule has 0 radical (unpaired) electrons. The smallest absolute Gasteiger partial charge is 0.205 e. The monoisotopic (exact) mass is 258 g/mol. The molecule has 0 saturated carbocycles. The van der Waals surface area contributed by atoms with E-state index in [9.17, 15) is 0 Å². The van der Waals surface area contributed by atoms with Gasteiger partial charge in [-0.3, -0.25) is 4.99 Å². The molecule has 0 amide bonds. The summed E-state index contributed by atoms with van der Waals surface area (Å²) < 4.78 is 0. The van der Waals surface area contributed by atoms with Gasteiger partial charge in [-0.25, -0.2) is 0 Å². The van der Waals surface area contributed by atoms with Crippen molar-refractivity contribution in [1.29, 1.82) is 0 Å². The lowest BCUT2D eigenvalue weighted by Gasteiger charge is -2.27. The fourth-order valence-corrected chi connectivity index (χ4v) is 2.77. The van der Waals surface area contributed by atoms with Gasteiger partial charge in [0.1, 0.15) is 0 Å². The summed E-state index contributed by atoms with van der Waals surface area (Å²) in [7, 11) is 0. The molecule has 2 heterocycles. The average molecular weight is 258 g/mol. The zero-order valence-electron chi connectivity index (χ0n) is 11.8. The van der Waals surface area contributed by atoms with Gasteiger partial charge in [-0.2, -0.15) is 0 Å². The fourth-order valence-electron chi connectivity index (χ4n) is 2.77. The first-order chi connectivity index (χ1) is 9.27. The van der Waals surface area contributed by atoms with Gasteiger partial charge in [-0.15, -0.1) is 0 Å². The molecule has 0 unspecified atom stereocenters. The molecule has 3 rings (SSSR count). The fraction of sp³-hybridized carbons (Fsp3) is 0.533. The molecule has 4 heteroatoms. The molecule has 102 valence electrons. The Hall–Kier alpha value is -1.55. The highest BCUT2D eigenvalue weighted by Gasteiger charge is 2.33. The van der Waals surface area contributed by atoms with Crippen LogP contribution in [0, 0.1) is 0 Å². The van der Waals surface area contributed by atoms with Crippen molar-refractivity contribution in [2.75, 3.05) is 36.0 Å². The van der Waals surface area contributed by atoms with Crippen LogP contribution in [-0.2, 0) is 0 Å². The SMILES string of the molecule is CC(C)NCCN1C2=NCCCN2c2ccccc21. The van der Waals surface area contributed by atoms with Gasteiger partial charge < -0.3 is 15.1 Å². The van der Waals surface area contributed by atoms with E-state index in [1.54, 1.807) is 0 Å². The van der Waals surface area contributed by atoms with Crippen molar-refractivity contribution in [3.05, 3.63) is 24.3 Å². The minimum atomic E-state index is 0.530. The first-order valence-electron chi connectivity index (χ1n) is 7.19. The molecule has 2 aliphatic rings. The summed E-state index contributed by atoms with van der Waals surface area (Å²) in [6, 6.07) is 9.15. The van der Waals surface area contributed by atoms with Crippen LogP contribution in [0.1, 0.15) is 20.3 Å². The first kappa shape index (κ1) is 12.5. The summed E-state index contributed by atoms with van der Waals surface area (Å²) in [6.45, 7) is 8.37. The Bertz CT molecular complexity index is 481. The highest BCUT2D eigenvalue weighted by Crippen LogP contribution is 2.37. The standard InChI is InChI=1S/C15H22N4/c1-12(2)16-9-11-19-14-7-4-3-6-13(14)18-10-5-8-17-15(18)19/h3-4,6-7,12,16H,5,8-11H2,1-2H3.